The molecule has 1 aliphatic rings. The summed E-state index contributed by atoms with van der Waals surface area (Å²) < 4.78 is 24.9. The van der Waals surface area contributed by atoms with Crippen LogP contribution in [-0.2, 0) is 4.79 Å². The van der Waals surface area contributed by atoms with Gasteiger partial charge in [-0.05, 0) is 30.2 Å². The Labute approximate surface area is 140 Å². The van der Waals surface area contributed by atoms with Crippen LogP contribution < -0.4 is 9.47 Å². The maximum absolute atomic E-state index is 14.0. The Bertz CT molecular complexity index is 732. The van der Waals surface area contributed by atoms with E-state index in [-0.39, 0.29) is 11.7 Å². The maximum atomic E-state index is 14.0. The summed E-state index contributed by atoms with van der Waals surface area (Å²) in [6.07, 6.45) is 1.51. The van der Waals surface area contributed by atoms with Crippen molar-refractivity contribution in [2.24, 2.45) is 0 Å². The van der Waals surface area contributed by atoms with E-state index < -0.39 is 0 Å². The standard InChI is InChI=1S/C19H20FNO3/c1-23-18-6-3-2-5-17(18)14-11-15(20)13-16(12-14)24-10-9-21-8-4-7-19(21)22/h2-3,5-6,11-13H,4,7-10H2,1H3. The zero-order valence-corrected chi connectivity index (χ0v) is 13.6. The highest BCUT2D eigenvalue weighted by atomic mass is 19.1. The monoisotopic (exact) mass is 329 g/mol. The van der Waals surface area contributed by atoms with E-state index >= 15 is 0 Å². The quantitative estimate of drug-likeness (QED) is 0.814. The molecule has 0 N–H and O–H groups in total. The summed E-state index contributed by atoms with van der Waals surface area (Å²) in [7, 11) is 1.59. The van der Waals surface area contributed by atoms with E-state index in [9.17, 15) is 9.18 Å². The first-order valence-electron chi connectivity index (χ1n) is 8.02. The van der Waals surface area contributed by atoms with Crippen LogP contribution in [-0.4, -0.2) is 37.6 Å². The molecule has 1 heterocycles. The number of halogens is 1. The van der Waals surface area contributed by atoms with Crippen molar-refractivity contribution in [2.45, 2.75) is 12.8 Å². The lowest BCUT2D eigenvalue weighted by molar-refractivity contribution is -0.128. The van der Waals surface area contributed by atoms with E-state index in [0.717, 1.165) is 18.5 Å². The molecule has 4 nitrogen and oxygen atoms in total. The van der Waals surface area contributed by atoms with Gasteiger partial charge in [0.15, 0.2) is 0 Å². The highest BCUT2D eigenvalue weighted by Gasteiger charge is 2.19. The Balaban J connectivity index is 1.73. The summed E-state index contributed by atoms with van der Waals surface area (Å²) in [6, 6.07) is 12.0. The van der Waals surface area contributed by atoms with Crippen LogP contribution in [0.2, 0.25) is 0 Å². The van der Waals surface area contributed by atoms with Crippen LogP contribution in [0.4, 0.5) is 4.39 Å². The van der Waals surface area contributed by atoms with E-state index in [1.165, 1.54) is 12.1 Å². The van der Waals surface area contributed by atoms with Gasteiger partial charge in [0.05, 0.1) is 13.7 Å². The predicted molar refractivity (Wildman–Crippen MR) is 89.7 cm³/mol. The van der Waals surface area contributed by atoms with Gasteiger partial charge in [-0.25, -0.2) is 4.39 Å². The largest absolute Gasteiger partial charge is 0.496 e. The minimum atomic E-state index is -0.370. The van der Waals surface area contributed by atoms with Gasteiger partial charge in [0.1, 0.15) is 23.9 Å². The zero-order chi connectivity index (χ0) is 16.9. The fourth-order valence-corrected chi connectivity index (χ4v) is 2.90. The first kappa shape index (κ1) is 16.3. The average molecular weight is 329 g/mol. The van der Waals surface area contributed by atoms with Crippen LogP contribution in [0.1, 0.15) is 12.8 Å². The molecule has 0 bridgehead atoms. The average Bonchev–Trinajstić information content (AvgIpc) is 2.99. The molecule has 1 fully saturated rings. The van der Waals surface area contributed by atoms with Crippen LogP contribution >= 0.6 is 0 Å². The fourth-order valence-electron chi connectivity index (χ4n) is 2.90. The first-order chi connectivity index (χ1) is 11.7. The molecule has 0 aliphatic carbocycles. The Morgan fingerprint density at radius 3 is 2.79 bits per heavy atom. The summed E-state index contributed by atoms with van der Waals surface area (Å²) in [6.45, 7) is 1.65. The van der Waals surface area contributed by atoms with Crippen molar-refractivity contribution in [1.29, 1.82) is 0 Å². The molecule has 0 aromatic heterocycles. The molecule has 1 amide bonds. The molecule has 1 aliphatic heterocycles. The highest BCUT2D eigenvalue weighted by Crippen LogP contribution is 2.32. The summed E-state index contributed by atoms with van der Waals surface area (Å²) in [5, 5.41) is 0. The highest BCUT2D eigenvalue weighted by molar-refractivity contribution is 5.78. The van der Waals surface area contributed by atoms with Gasteiger partial charge in [0.2, 0.25) is 5.91 Å². The number of hydrogen-bond acceptors (Lipinski definition) is 3. The van der Waals surface area contributed by atoms with Gasteiger partial charge in [0, 0.05) is 24.6 Å². The van der Waals surface area contributed by atoms with E-state index in [4.69, 9.17) is 9.47 Å². The van der Waals surface area contributed by atoms with Crippen LogP contribution in [0.25, 0.3) is 11.1 Å². The van der Waals surface area contributed by atoms with Gasteiger partial charge in [-0.1, -0.05) is 18.2 Å². The second kappa shape index (κ2) is 7.34. The number of rotatable bonds is 6. The molecule has 0 unspecified atom stereocenters. The van der Waals surface area contributed by atoms with E-state index in [1.54, 1.807) is 18.1 Å². The lowest BCUT2D eigenvalue weighted by Gasteiger charge is -2.16. The zero-order valence-electron chi connectivity index (χ0n) is 13.6. The lowest BCUT2D eigenvalue weighted by Crippen LogP contribution is -2.29. The number of para-hydroxylation sites is 1. The van der Waals surface area contributed by atoms with Gasteiger partial charge >= 0.3 is 0 Å². The molecule has 2 aromatic rings. The second-order valence-corrected chi connectivity index (χ2v) is 5.71. The molecule has 0 radical (unpaired) electrons. The second-order valence-electron chi connectivity index (χ2n) is 5.71. The number of benzene rings is 2. The first-order valence-corrected chi connectivity index (χ1v) is 8.02. The van der Waals surface area contributed by atoms with Crippen molar-refractivity contribution in [1.82, 2.24) is 4.90 Å². The summed E-state index contributed by atoms with van der Waals surface area (Å²) in [4.78, 5) is 13.4. The molecule has 0 atom stereocenters. The Morgan fingerprint density at radius 2 is 2.04 bits per heavy atom. The van der Waals surface area contributed by atoms with Crippen LogP contribution in [0.3, 0.4) is 0 Å². The van der Waals surface area contributed by atoms with Crippen molar-refractivity contribution < 1.29 is 18.7 Å². The number of carbonyl (C=O) groups is 1. The van der Waals surface area contributed by atoms with Crippen molar-refractivity contribution in [3.63, 3.8) is 0 Å². The number of nitrogens with zero attached hydrogens (tertiary/aromatic N) is 1. The molecule has 126 valence electrons. The summed E-state index contributed by atoms with van der Waals surface area (Å²) in [5.74, 6) is 0.914. The van der Waals surface area contributed by atoms with Crippen LogP contribution in [0.15, 0.2) is 42.5 Å². The van der Waals surface area contributed by atoms with Crippen molar-refractivity contribution in [2.75, 3.05) is 26.8 Å². The Hall–Kier alpha value is -2.56. The number of methoxy groups -OCH3 is 1. The Kier molecular flexibility index (Phi) is 4.99. The molecule has 0 spiro atoms. The van der Waals surface area contributed by atoms with E-state index in [1.807, 2.05) is 24.3 Å². The van der Waals surface area contributed by atoms with Crippen LogP contribution in [0.5, 0.6) is 11.5 Å². The minimum Gasteiger partial charge on any atom is -0.496 e. The number of amides is 1. The number of likely N-dealkylation sites (tertiary alicyclic amines) is 1. The molecule has 1 saturated heterocycles. The molecular formula is C19H20FNO3. The van der Waals surface area contributed by atoms with Crippen molar-refractivity contribution in [3.8, 4) is 22.6 Å². The van der Waals surface area contributed by atoms with Gasteiger partial charge in [-0.15, -0.1) is 0 Å². The van der Waals surface area contributed by atoms with Gasteiger partial charge in [0.25, 0.3) is 0 Å². The molecule has 0 saturated carbocycles. The molecule has 5 heteroatoms. The normalized spacial score (nSPS) is 14.1. The van der Waals surface area contributed by atoms with Crippen molar-refractivity contribution >= 4 is 5.91 Å². The maximum Gasteiger partial charge on any atom is 0.222 e. The number of ether oxygens (including phenoxy) is 2. The van der Waals surface area contributed by atoms with E-state index in [0.29, 0.717) is 36.6 Å². The fraction of sp³-hybridized carbons (Fsp3) is 0.316. The van der Waals surface area contributed by atoms with Gasteiger partial charge in [-0.3, -0.25) is 4.79 Å². The topological polar surface area (TPSA) is 38.8 Å². The summed E-state index contributed by atoms with van der Waals surface area (Å²) in [5.41, 5.74) is 1.50. The minimum absolute atomic E-state index is 0.160. The molecule has 24 heavy (non-hydrogen) atoms. The third-order valence-electron chi connectivity index (χ3n) is 4.09. The third-order valence-corrected chi connectivity index (χ3v) is 4.09. The number of hydrogen-bond donors (Lipinski definition) is 0. The molecule has 3 rings (SSSR count). The Morgan fingerprint density at radius 1 is 1.21 bits per heavy atom. The van der Waals surface area contributed by atoms with Crippen molar-refractivity contribution in [3.05, 3.63) is 48.3 Å². The molecule has 2 aromatic carbocycles. The number of carbonyl (C=O) groups excluding carboxylic acids is 1. The SMILES string of the molecule is COc1ccccc1-c1cc(F)cc(OCCN2CCCC2=O)c1. The molecular weight excluding hydrogens is 309 g/mol. The lowest BCUT2D eigenvalue weighted by atomic mass is 10.0. The van der Waals surface area contributed by atoms with Crippen LogP contribution in [0, 0.1) is 5.82 Å². The third kappa shape index (κ3) is 3.67. The van der Waals surface area contributed by atoms with E-state index in [2.05, 4.69) is 0 Å². The predicted octanol–water partition coefficient (Wildman–Crippen LogP) is 3.50. The smallest absolute Gasteiger partial charge is 0.222 e. The van der Waals surface area contributed by atoms with Gasteiger partial charge in [-0.2, -0.15) is 0 Å². The summed E-state index contributed by atoms with van der Waals surface area (Å²) >= 11 is 0. The van der Waals surface area contributed by atoms with Gasteiger partial charge < -0.3 is 14.4 Å².